The molecule has 1 saturated heterocycles. The fourth-order valence-electron chi connectivity index (χ4n) is 6.92. The Bertz CT molecular complexity index is 1220. The van der Waals surface area contributed by atoms with E-state index in [2.05, 4.69) is 16.9 Å². The van der Waals surface area contributed by atoms with E-state index in [-0.39, 0.29) is 36.8 Å². The molecule has 1 aliphatic heterocycles. The molecule has 0 bridgehead atoms. The number of alkyl halides is 2. The van der Waals surface area contributed by atoms with Gasteiger partial charge in [-0.25, -0.2) is 17.6 Å². The van der Waals surface area contributed by atoms with Gasteiger partial charge < -0.3 is 14.2 Å². The van der Waals surface area contributed by atoms with Gasteiger partial charge in [0.1, 0.15) is 11.6 Å². The molecule has 0 amide bonds. The van der Waals surface area contributed by atoms with Gasteiger partial charge in [-0.15, -0.1) is 0 Å². The minimum absolute atomic E-state index is 0.0525. The highest BCUT2D eigenvalue weighted by atomic mass is 19.3. The molecule has 0 atom stereocenters. The third kappa shape index (κ3) is 7.77. The lowest BCUT2D eigenvalue weighted by atomic mass is 9.76. The van der Waals surface area contributed by atoms with E-state index in [0.29, 0.717) is 42.4 Å². The van der Waals surface area contributed by atoms with E-state index in [1.165, 1.54) is 0 Å². The zero-order chi connectivity index (χ0) is 30.6. The van der Waals surface area contributed by atoms with Gasteiger partial charge in [0.15, 0.2) is 23.7 Å². The van der Waals surface area contributed by atoms with E-state index in [0.717, 1.165) is 57.3 Å². The summed E-state index contributed by atoms with van der Waals surface area (Å²) in [6, 6.07) is 6.17. The molecule has 9 heteroatoms. The lowest BCUT2D eigenvalue weighted by Gasteiger charge is -2.38. The predicted octanol–water partition coefficient (Wildman–Crippen LogP) is 9.81. The van der Waals surface area contributed by atoms with Gasteiger partial charge >= 0.3 is 6.11 Å². The fraction of sp³-hybridized carbons (Fsp3) is 0.588. The second-order valence-corrected chi connectivity index (χ2v) is 12.4. The minimum Gasteiger partial charge on any atom is -0.432 e. The maximum Gasteiger partial charge on any atom is 0.400 e. The highest BCUT2D eigenvalue weighted by molar-refractivity contribution is 5.30. The zero-order valence-corrected chi connectivity index (χ0v) is 24.5. The van der Waals surface area contributed by atoms with Crippen LogP contribution in [-0.4, -0.2) is 25.6 Å². The molecule has 2 aromatic carbocycles. The molecule has 0 spiro atoms. The van der Waals surface area contributed by atoms with Crippen LogP contribution in [0, 0.1) is 41.0 Å². The molecular formula is C34H40F6O3. The first kappa shape index (κ1) is 31.9. The van der Waals surface area contributed by atoms with Crippen LogP contribution in [0.2, 0.25) is 0 Å². The Morgan fingerprint density at radius 3 is 2.05 bits per heavy atom. The quantitative estimate of drug-likeness (QED) is 0.161. The number of allylic oxidation sites excluding steroid dienone is 2. The van der Waals surface area contributed by atoms with Crippen LogP contribution in [0.5, 0.6) is 5.75 Å². The maximum atomic E-state index is 15.3. The van der Waals surface area contributed by atoms with E-state index in [1.807, 2.05) is 13.0 Å². The van der Waals surface area contributed by atoms with Crippen LogP contribution < -0.4 is 4.74 Å². The van der Waals surface area contributed by atoms with Crippen molar-refractivity contribution in [1.82, 2.24) is 0 Å². The van der Waals surface area contributed by atoms with Crippen LogP contribution >= 0.6 is 0 Å². The van der Waals surface area contributed by atoms with Crippen molar-refractivity contribution in [3.63, 3.8) is 0 Å². The van der Waals surface area contributed by atoms with Gasteiger partial charge in [0, 0.05) is 24.0 Å². The summed E-state index contributed by atoms with van der Waals surface area (Å²) in [5, 5.41) is 0. The smallest absolute Gasteiger partial charge is 0.400 e. The Morgan fingerprint density at radius 1 is 0.814 bits per heavy atom. The third-order valence-electron chi connectivity index (χ3n) is 9.48. The Kier molecular flexibility index (Phi) is 10.4. The van der Waals surface area contributed by atoms with Crippen molar-refractivity contribution < 1.29 is 40.6 Å². The first-order valence-corrected chi connectivity index (χ1v) is 15.5. The summed E-state index contributed by atoms with van der Waals surface area (Å²) in [4.78, 5) is 0. The number of hydrogen-bond donors (Lipinski definition) is 0. The van der Waals surface area contributed by atoms with E-state index in [9.17, 15) is 22.0 Å². The predicted molar refractivity (Wildman–Crippen MR) is 151 cm³/mol. The molecule has 3 nitrogen and oxygen atoms in total. The first-order chi connectivity index (χ1) is 20.6. The van der Waals surface area contributed by atoms with Crippen molar-refractivity contribution in [3.8, 4) is 5.75 Å². The second kappa shape index (κ2) is 14.1. The zero-order valence-electron chi connectivity index (χ0n) is 24.5. The largest absolute Gasteiger partial charge is 0.432 e. The van der Waals surface area contributed by atoms with Crippen LogP contribution in [-0.2, 0) is 9.47 Å². The van der Waals surface area contributed by atoms with Crippen molar-refractivity contribution >= 4 is 0 Å². The number of hydrogen-bond acceptors (Lipinski definition) is 3. The van der Waals surface area contributed by atoms with E-state index in [1.54, 1.807) is 12.1 Å². The molecule has 0 aromatic heterocycles. The van der Waals surface area contributed by atoms with E-state index >= 15 is 4.39 Å². The number of ether oxygens (including phenoxy) is 3. The lowest BCUT2D eigenvalue weighted by molar-refractivity contribution is -0.229. The second-order valence-electron chi connectivity index (χ2n) is 12.4. The molecule has 5 rings (SSSR count). The fourth-order valence-corrected chi connectivity index (χ4v) is 6.92. The van der Waals surface area contributed by atoms with Gasteiger partial charge in [0.25, 0.3) is 0 Å². The molecule has 2 saturated carbocycles. The summed E-state index contributed by atoms with van der Waals surface area (Å²) < 4.78 is 102. The third-order valence-corrected chi connectivity index (χ3v) is 9.48. The van der Waals surface area contributed by atoms with Gasteiger partial charge in [-0.05, 0) is 100 Å². The van der Waals surface area contributed by atoms with Crippen molar-refractivity contribution in [3.05, 3.63) is 76.9 Å². The average molecular weight is 611 g/mol. The summed E-state index contributed by atoms with van der Waals surface area (Å²) in [6.07, 6.45) is 7.00. The molecule has 1 heterocycles. The SMILES string of the molecule is C/C=C/CCC1COC(C2CCC(c3ccc(C4CCC(C(F)(F)Oc5cc(F)c(F)c(F)c5)CC4)c(F)c3)CC2)OC1. The molecule has 0 radical (unpaired) electrons. The van der Waals surface area contributed by atoms with Crippen molar-refractivity contribution in [1.29, 1.82) is 0 Å². The topological polar surface area (TPSA) is 27.7 Å². The summed E-state index contributed by atoms with van der Waals surface area (Å²) in [5.41, 5.74) is 1.48. The molecule has 236 valence electrons. The van der Waals surface area contributed by atoms with Gasteiger partial charge in [-0.2, -0.15) is 8.78 Å². The van der Waals surface area contributed by atoms with Gasteiger partial charge in [0.05, 0.1) is 19.1 Å². The highest BCUT2D eigenvalue weighted by Gasteiger charge is 2.44. The maximum absolute atomic E-state index is 15.3. The molecule has 2 aromatic rings. The Morgan fingerprint density at radius 2 is 1.44 bits per heavy atom. The van der Waals surface area contributed by atoms with Crippen molar-refractivity contribution in [2.24, 2.45) is 17.8 Å². The molecule has 2 aliphatic carbocycles. The summed E-state index contributed by atoms with van der Waals surface area (Å²) in [7, 11) is 0. The van der Waals surface area contributed by atoms with Crippen LogP contribution in [0.3, 0.4) is 0 Å². The minimum atomic E-state index is -3.70. The van der Waals surface area contributed by atoms with E-state index < -0.39 is 35.2 Å². The summed E-state index contributed by atoms with van der Waals surface area (Å²) >= 11 is 0. The van der Waals surface area contributed by atoms with Crippen LogP contribution in [0.1, 0.15) is 94.1 Å². The number of benzene rings is 2. The van der Waals surface area contributed by atoms with Gasteiger partial charge in [-0.3, -0.25) is 0 Å². The number of rotatable bonds is 9. The normalized spacial score (nSPS) is 28.7. The molecular weight excluding hydrogens is 570 g/mol. The molecule has 3 fully saturated rings. The van der Waals surface area contributed by atoms with Crippen molar-refractivity contribution in [2.75, 3.05) is 13.2 Å². The molecule has 0 unspecified atom stereocenters. The molecule has 0 N–H and O–H groups in total. The highest BCUT2D eigenvalue weighted by Crippen LogP contribution is 2.45. The number of halogens is 6. The van der Waals surface area contributed by atoms with Crippen LogP contribution in [0.15, 0.2) is 42.5 Å². The molecule has 3 aliphatic rings. The van der Waals surface area contributed by atoms with E-state index in [4.69, 9.17) is 9.47 Å². The van der Waals surface area contributed by atoms with Crippen LogP contribution in [0.25, 0.3) is 0 Å². The monoisotopic (exact) mass is 610 g/mol. The van der Waals surface area contributed by atoms with Gasteiger partial charge in [-0.1, -0.05) is 24.3 Å². The van der Waals surface area contributed by atoms with Crippen molar-refractivity contribution in [2.45, 2.75) is 95.4 Å². The lowest BCUT2D eigenvalue weighted by Crippen LogP contribution is -2.38. The Labute approximate surface area is 249 Å². The summed E-state index contributed by atoms with van der Waals surface area (Å²) in [6.45, 7) is 3.49. The standard InChI is InChI=1S/C34H40F6O3/c1-2-3-4-5-21-19-41-33(42-20-21)24-8-6-22(7-9-24)25-12-15-28(29(35)16-25)23-10-13-26(14-11-23)34(39,40)43-27-17-30(36)32(38)31(37)18-27/h2-3,12,15-18,21-24,26,33H,4-11,13-14,19-20H2,1H3/b3-2+. The Hall–Kier alpha value is -2.52. The first-order valence-electron chi connectivity index (χ1n) is 15.5. The average Bonchev–Trinajstić information content (AvgIpc) is 3.00. The van der Waals surface area contributed by atoms with Crippen LogP contribution in [0.4, 0.5) is 26.3 Å². The van der Waals surface area contributed by atoms with Gasteiger partial charge in [0.2, 0.25) is 0 Å². The summed E-state index contributed by atoms with van der Waals surface area (Å²) in [5.74, 6) is -6.42. The Balaban J connectivity index is 1.10. The molecule has 43 heavy (non-hydrogen) atoms.